The molecule has 1 fully saturated rings. The fraction of sp³-hybridized carbons (Fsp3) is 0.455. The van der Waals surface area contributed by atoms with Crippen LogP contribution in [0.4, 0.5) is 16.3 Å². The topological polar surface area (TPSA) is 114 Å². The predicted molar refractivity (Wildman–Crippen MR) is 117 cm³/mol. The molecule has 0 atom stereocenters. The molecule has 0 unspecified atom stereocenters. The smallest absolute Gasteiger partial charge is 0.322 e. The van der Waals surface area contributed by atoms with Gasteiger partial charge in [0.15, 0.2) is 5.82 Å². The highest BCUT2D eigenvalue weighted by molar-refractivity contribution is 5.95. The van der Waals surface area contributed by atoms with Crippen molar-refractivity contribution in [2.24, 2.45) is 0 Å². The first-order chi connectivity index (χ1) is 15.0. The number of nitrogen functional groups attached to an aromatic ring is 1. The lowest BCUT2D eigenvalue weighted by Gasteiger charge is -2.29. The fourth-order valence-corrected chi connectivity index (χ4v) is 3.77. The molecular formula is C22H28N6O3. The minimum absolute atomic E-state index is 0.0662. The second-order valence-electron chi connectivity index (χ2n) is 7.90. The van der Waals surface area contributed by atoms with Crippen molar-refractivity contribution in [2.75, 3.05) is 30.7 Å². The van der Waals surface area contributed by atoms with Crippen LogP contribution in [-0.2, 0) is 13.1 Å². The van der Waals surface area contributed by atoms with E-state index in [4.69, 9.17) is 10.5 Å². The van der Waals surface area contributed by atoms with Crippen LogP contribution in [0.1, 0.15) is 54.2 Å². The Balaban J connectivity index is 1.44. The minimum atomic E-state index is -0.264. The number of anilines is 2. The Kier molecular flexibility index (Phi) is 6.20. The van der Waals surface area contributed by atoms with Crippen LogP contribution in [0.3, 0.4) is 0 Å². The number of nitrogens with two attached hydrogens (primary N) is 1. The molecule has 1 aromatic heterocycles. The van der Waals surface area contributed by atoms with Gasteiger partial charge in [0.05, 0.1) is 18.8 Å². The zero-order valence-electron chi connectivity index (χ0n) is 17.8. The van der Waals surface area contributed by atoms with E-state index >= 15 is 0 Å². The zero-order chi connectivity index (χ0) is 21.8. The van der Waals surface area contributed by atoms with E-state index in [1.54, 1.807) is 4.90 Å². The second kappa shape index (κ2) is 9.20. The van der Waals surface area contributed by atoms with Crippen LogP contribution < -0.4 is 15.8 Å². The number of unbranched alkanes of at least 4 members (excludes halogenated alkanes) is 1. The molecule has 3 amide bonds. The molecule has 3 N–H and O–H groups in total. The average molecular weight is 425 g/mol. The standard InChI is InChI=1S/C22H28N6O3/c1-2-3-12-31-21-24-17-14-28(22(30)25-18(17)19(23)26-21)13-15-6-8-16(9-7-15)20(29)27-10-4-5-11-27/h6-9H,2-5,10-14H2,1H3,(H,25,30)(H2,23,24,26). The van der Waals surface area contributed by atoms with Gasteiger partial charge < -0.3 is 25.6 Å². The molecule has 2 aliphatic heterocycles. The highest BCUT2D eigenvalue weighted by Crippen LogP contribution is 2.29. The third kappa shape index (κ3) is 4.70. The number of fused-ring (bicyclic) bond motifs is 1. The number of likely N-dealkylation sites (tertiary alicyclic amines) is 1. The molecule has 9 nitrogen and oxygen atoms in total. The van der Waals surface area contributed by atoms with Crippen molar-refractivity contribution in [3.05, 3.63) is 41.1 Å². The van der Waals surface area contributed by atoms with Gasteiger partial charge >= 0.3 is 12.0 Å². The van der Waals surface area contributed by atoms with Gasteiger partial charge in [0, 0.05) is 25.2 Å². The maximum absolute atomic E-state index is 12.6. The van der Waals surface area contributed by atoms with Gasteiger partial charge in [0.2, 0.25) is 0 Å². The van der Waals surface area contributed by atoms with Crippen molar-refractivity contribution in [3.63, 3.8) is 0 Å². The molecule has 0 aliphatic carbocycles. The molecule has 4 rings (SSSR count). The fourth-order valence-electron chi connectivity index (χ4n) is 3.77. The van der Waals surface area contributed by atoms with Crippen LogP contribution in [0.15, 0.2) is 24.3 Å². The largest absolute Gasteiger partial charge is 0.463 e. The summed E-state index contributed by atoms with van der Waals surface area (Å²) in [6.07, 6.45) is 4.04. The van der Waals surface area contributed by atoms with Crippen LogP contribution in [0.25, 0.3) is 0 Å². The summed E-state index contributed by atoms with van der Waals surface area (Å²) in [4.78, 5) is 37.2. The van der Waals surface area contributed by atoms with Crippen molar-refractivity contribution < 1.29 is 14.3 Å². The molecule has 3 heterocycles. The van der Waals surface area contributed by atoms with Gasteiger partial charge in [-0.1, -0.05) is 25.5 Å². The first-order valence-corrected chi connectivity index (χ1v) is 10.8. The van der Waals surface area contributed by atoms with E-state index in [1.807, 2.05) is 29.2 Å². The highest BCUT2D eigenvalue weighted by atomic mass is 16.5. The lowest BCUT2D eigenvalue weighted by atomic mass is 10.1. The number of amides is 3. The molecule has 0 saturated carbocycles. The Labute approximate surface area is 181 Å². The summed E-state index contributed by atoms with van der Waals surface area (Å²) in [7, 11) is 0. The molecule has 9 heteroatoms. The van der Waals surface area contributed by atoms with Gasteiger partial charge in [-0.2, -0.15) is 9.97 Å². The Hall–Kier alpha value is -3.36. The normalized spacial score (nSPS) is 15.6. The Morgan fingerprint density at radius 2 is 1.94 bits per heavy atom. The third-order valence-electron chi connectivity index (χ3n) is 5.55. The van der Waals surface area contributed by atoms with E-state index in [-0.39, 0.29) is 23.8 Å². The van der Waals surface area contributed by atoms with E-state index in [1.165, 1.54) is 0 Å². The summed E-state index contributed by atoms with van der Waals surface area (Å²) in [5.74, 6) is 0.269. The average Bonchev–Trinajstić information content (AvgIpc) is 3.30. The maximum atomic E-state index is 12.6. The van der Waals surface area contributed by atoms with Crippen molar-refractivity contribution >= 4 is 23.4 Å². The molecule has 31 heavy (non-hydrogen) atoms. The van der Waals surface area contributed by atoms with E-state index in [9.17, 15) is 9.59 Å². The Bertz CT molecular complexity index is 956. The first kappa shape index (κ1) is 20.9. The van der Waals surface area contributed by atoms with Gasteiger partial charge in [-0.25, -0.2) is 4.79 Å². The van der Waals surface area contributed by atoms with Crippen molar-refractivity contribution in [1.29, 1.82) is 0 Å². The van der Waals surface area contributed by atoms with Crippen LogP contribution in [0, 0.1) is 0 Å². The van der Waals surface area contributed by atoms with E-state index < -0.39 is 0 Å². The van der Waals surface area contributed by atoms with Crippen LogP contribution in [0.2, 0.25) is 0 Å². The number of aromatic nitrogens is 2. The quantitative estimate of drug-likeness (QED) is 0.661. The molecule has 0 bridgehead atoms. The van der Waals surface area contributed by atoms with Crippen molar-refractivity contribution in [2.45, 2.75) is 45.7 Å². The molecule has 164 valence electrons. The summed E-state index contributed by atoms with van der Waals surface area (Å²) < 4.78 is 5.58. The van der Waals surface area contributed by atoms with Crippen molar-refractivity contribution in [1.82, 2.24) is 19.8 Å². The van der Waals surface area contributed by atoms with Gasteiger partial charge in [0.25, 0.3) is 5.91 Å². The maximum Gasteiger partial charge on any atom is 0.322 e. The lowest BCUT2D eigenvalue weighted by Crippen LogP contribution is -2.39. The zero-order valence-corrected chi connectivity index (χ0v) is 17.8. The molecule has 0 radical (unpaired) electrons. The summed E-state index contributed by atoms with van der Waals surface area (Å²) in [6, 6.07) is 7.39. The van der Waals surface area contributed by atoms with Crippen LogP contribution in [0.5, 0.6) is 6.01 Å². The lowest BCUT2D eigenvalue weighted by molar-refractivity contribution is 0.0792. The predicted octanol–water partition coefficient (Wildman–Crippen LogP) is 3.02. The summed E-state index contributed by atoms with van der Waals surface area (Å²) in [6.45, 7) is 4.93. The van der Waals surface area contributed by atoms with Crippen molar-refractivity contribution in [3.8, 4) is 6.01 Å². The van der Waals surface area contributed by atoms with Gasteiger partial charge in [-0.3, -0.25) is 4.79 Å². The molecule has 1 aromatic carbocycles. The number of urea groups is 1. The number of hydrogen-bond acceptors (Lipinski definition) is 6. The Morgan fingerprint density at radius 1 is 1.19 bits per heavy atom. The van der Waals surface area contributed by atoms with Crippen LogP contribution in [-0.4, -0.2) is 51.4 Å². The minimum Gasteiger partial charge on any atom is -0.463 e. The molecule has 2 aromatic rings. The molecule has 1 saturated heterocycles. The number of rotatable bonds is 7. The summed E-state index contributed by atoms with van der Waals surface area (Å²) >= 11 is 0. The second-order valence-corrected chi connectivity index (χ2v) is 7.90. The van der Waals surface area contributed by atoms with Gasteiger partial charge in [-0.15, -0.1) is 0 Å². The first-order valence-electron chi connectivity index (χ1n) is 10.8. The van der Waals surface area contributed by atoms with Gasteiger partial charge in [0.1, 0.15) is 5.69 Å². The number of nitrogens with one attached hydrogen (secondary N) is 1. The molecular weight excluding hydrogens is 396 g/mol. The number of nitrogens with zero attached hydrogens (tertiary/aromatic N) is 4. The van der Waals surface area contributed by atoms with E-state index in [0.29, 0.717) is 36.6 Å². The third-order valence-corrected chi connectivity index (χ3v) is 5.55. The number of hydrogen-bond donors (Lipinski definition) is 2. The van der Waals surface area contributed by atoms with Gasteiger partial charge in [-0.05, 0) is 37.0 Å². The number of ether oxygens (including phenoxy) is 1. The summed E-state index contributed by atoms with van der Waals surface area (Å²) in [5, 5.41) is 2.78. The number of carbonyl (C=O) groups excluding carboxylic acids is 2. The number of carbonyl (C=O) groups is 2. The SMILES string of the molecule is CCCCOc1nc(N)c2c(n1)CN(Cc1ccc(C(=O)N3CCCC3)cc1)C(=O)N2. The molecule has 0 spiro atoms. The van der Waals surface area contributed by atoms with E-state index in [2.05, 4.69) is 22.2 Å². The number of benzene rings is 1. The van der Waals surface area contributed by atoms with E-state index in [0.717, 1.165) is 44.3 Å². The van der Waals surface area contributed by atoms with Crippen LogP contribution >= 0.6 is 0 Å². The monoisotopic (exact) mass is 424 g/mol. The Morgan fingerprint density at radius 3 is 2.65 bits per heavy atom. The molecule has 2 aliphatic rings. The summed E-state index contributed by atoms with van der Waals surface area (Å²) in [5.41, 5.74) is 8.67. The highest BCUT2D eigenvalue weighted by Gasteiger charge is 2.27.